The van der Waals surface area contributed by atoms with Crippen molar-refractivity contribution >= 4 is 5.91 Å². The van der Waals surface area contributed by atoms with Gasteiger partial charge in [0, 0.05) is 31.7 Å². The van der Waals surface area contributed by atoms with Crippen LogP contribution in [0.3, 0.4) is 0 Å². The standard InChI is InChI=1S/C13H15N3O3/c1-9-15-16-13(19-9)11-5-3-10(4-6-11)12(17)14-7-8-18-2/h3-6H,7-8H2,1-2H3,(H,14,17). The van der Waals surface area contributed by atoms with Crippen molar-refractivity contribution in [3.8, 4) is 11.5 Å². The predicted molar refractivity (Wildman–Crippen MR) is 68.7 cm³/mol. The Labute approximate surface area is 110 Å². The molecule has 100 valence electrons. The minimum atomic E-state index is -0.134. The van der Waals surface area contributed by atoms with Crippen molar-refractivity contribution in [1.29, 1.82) is 0 Å². The van der Waals surface area contributed by atoms with E-state index in [0.717, 1.165) is 5.56 Å². The number of hydrogen-bond donors (Lipinski definition) is 1. The fourth-order valence-electron chi connectivity index (χ4n) is 1.55. The van der Waals surface area contributed by atoms with E-state index in [0.29, 0.717) is 30.5 Å². The zero-order chi connectivity index (χ0) is 13.7. The van der Waals surface area contributed by atoms with Crippen LogP contribution in [-0.2, 0) is 4.74 Å². The van der Waals surface area contributed by atoms with Gasteiger partial charge in [0.1, 0.15) is 0 Å². The lowest BCUT2D eigenvalue weighted by atomic mass is 10.1. The molecule has 0 radical (unpaired) electrons. The molecule has 1 aromatic heterocycles. The molecule has 1 amide bonds. The average molecular weight is 261 g/mol. The molecule has 0 unspecified atom stereocenters. The zero-order valence-electron chi connectivity index (χ0n) is 10.8. The Hall–Kier alpha value is -2.21. The van der Waals surface area contributed by atoms with E-state index in [-0.39, 0.29) is 5.91 Å². The summed E-state index contributed by atoms with van der Waals surface area (Å²) in [7, 11) is 1.59. The Bertz CT molecular complexity index is 549. The maximum Gasteiger partial charge on any atom is 0.251 e. The number of methoxy groups -OCH3 is 1. The summed E-state index contributed by atoms with van der Waals surface area (Å²) in [6.45, 7) is 2.71. The van der Waals surface area contributed by atoms with Crippen LogP contribution in [0.4, 0.5) is 0 Å². The molecule has 6 heteroatoms. The van der Waals surface area contributed by atoms with Gasteiger partial charge in [-0.2, -0.15) is 0 Å². The highest BCUT2D eigenvalue weighted by Crippen LogP contribution is 2.17. The van der Waals surface area contributed by atoms with Crippen LogP contribution >= 0.6 is 0 Å². The van der Waals surface area contributed by atoms with Gasteiger partial charge in [0.2, 0.25) is 11.8 Å². The van der Waals surface area contributed by atoms with Crippen molar-refractivity contribution < 1.29 is 13.9 Å². The van der Waals surface area contributed by atoms with Gasteiger partial charge in [0.05, 0.1) is 6.61 Å². The van der Waals surface area contributed by atoms with E-state index >= 15 is 0 Å². The fourth-order valence-corrected chi connectivity index (χ4v) is 1.55. The first kappa shape index (κ1) is 13.2. The number of carbonyl (C=O) groups excluding carboxylic acids is 1. The predicted octanol–water partition coefficient (Wildman–Crippen LogP) is 1.42. The Morgan fingerprint density at radius 3 is 2.63 bits per heavy atom. The van der Waals surface area contributed by atoms with E-state index < -0.39 is 0 Å². The molecule has 0 spiro atoms. The highest BCUT2D eigenvalue weighted by molar-refractivity contribution is 5.94. The average Bonchev–Trinajstić information content (AvgIpc) is 2.86. The lowest BCUT2D eigenvalue weighted by Crippen LogP contribution is -2.26. The highest BCUT2D eigenvalue weighted by atomic mass is 16.5. The number of rotatable bonds is 5. The largest absolute Gasteiger partial charge is 0.421 e. The summed E-state index contributed by atoms with van der Waals surface area (Å²) in [5.41, 5.74) is 1.37. The smallest absolute Gasteiger partial charge is 0.251 e. The molecule has 2 aromatic rings. The molecule has 0 atom stereocenters. The molecular formula is C13H15N3O3. The molecule has 1 N–H and O–H groups in total. The summed E-state index contributed by atoms with van der Waals surface area (Å²) in [5, 5.41) is 10.4. The summed E-state index contributed by atoms with van der Waals surface area (Å²) < 4.78 is 10.2. The number of aromatic nitrogens is 2. The van der Waals surface area contributed by atoms with Crippen LogP contribution < -0.4 is 5.32 Å². The van der Waals surface area contributed by atoms with Crippen LogP contribution in [0.5, 0.6) is 0 Å². The third-order valence-corrected chi connectivity index (χ3v) is 2.51. The van der Waals surface area contributed by atoms with E-state index in [1.54, 1.807) is 38.3 Å². The lowest BCUT2D eigenvalue weighted by molar-refractivity contribution is 0.0937. The number of ether oxygens (including phenoxy) is 1. The molecule has 0 bridgehead atoms. The molecule has 6 nitrogen and oxygen atoms in total. The van der Waals surface area contributed by atoms with Crippen LogP contribution in [0.1, 0.15) is 16.2 Å². The van der Waals surface area contributed by atoms with Gasteiger partial charge in [0.25, 0.3) is 5.91 Å². The normalized spacial score (nSPS) is 10.4. The molecular weight excluding hydrogens is 246 g/mol. The summed E-state index contributed by atoms with van der Waals surface area (Å²) in [6, 6.07) is 6.99. The number of nitrogens with one attached hydrogen (secondary N) is 1. The maximum absolute atomic E-state index is 11.8. The second kappa shape index (κ2) is 6.10. The number of nitrogens with zero attached hydrogens (tertiary/aromatic N) is 2. The van der Waals surface area contributed by atoms with E-state index in [9.17, 15) is 4.79 Å². The SMILES string of the molecule is COCCNC(=O)c1ccc(-c2nnc(C)o2)cc1. The van der Waals surface area contributed by atoms with Gasteiger partial charge in [-0.3, -0.25) is 4.79 Å². The number of hydrogen-bond acceptors (Lipinski definition) is 5. The number of aryl methyl sites for hydroxylation is 1. The maximum atomic E-state index is 11.8. The highest BCUT2D eigenvalue weighted by Gasteiger charge is 2.08. The molecule has 0 aliphatic heterocycles. The van der Waals surface area contributed by atoms with Crippen molar-refractivity contribution in [2.75, 3.05) is 20.3 Å². The van der Waals surface area contributed by atoms with E-state index in [4.69, 9.17) is 9.15 Å². The quantitative estimate of drug-likeness (QED) is 0.824. The number of benzene rings is 1. The summed E-state index contributed by atoms with van der Waals surface area (Å²) in [6.07, 6.45) is 0. The first-order valence-corrected chi connectivity index (χ1v) is 5.88. The molecule has 1 heterocycles. The van der Waals surface area contributed by atoms with Crippen molar-refractivity contribution in [2.24, 2.45) is 0 Å². The Kier molecular flexibility index (Phi) is 4.25. The molecule has 19 heavy (non-hydrogen) atoms. The summed E-state index contributed by atoms with van der Waals surface area (Å²) >= 11 is 0. The van der Waals surface area contributed by atoms with E-state index in [2.05, 4.69) is 15.5 Å². The van der Waals surface area contributed by atoms with Crippen molar-refractivity contribution in [2.45, 2.75) is 6.92 Å². The molecule has 0 fully saturated rings. The first-order valence-electron chi connectivity index (χ1n) is 5.88. The van der Waals surface area contributed by atoms with Crippen LogP contribution in [-0.4, -0.2) is 36.4 Å². The minimum Gasteiger partial charge on any atom is -0.421 e. The third-order valence-electron chi connectivity index (χ3n) is 2.51. The molecule has 0 aliphatic carbocycles. The number of amides is 1. The third kappa shape index (κ3) is 3.38. The van der Waals surface area contributed by atoms with E-state index in [1.807, 2.05) is 0 Å². The van der Waals surface area contributed by atoms with Crippen molar-refractivity contribution in [3.05, 3.63) is 35.7 Å². The van der Waals surface area contributed by atoms with Gasteiger partial charge in [-0.15, -0.1) is 10.2 Å². The number of carbonyl (C=O) groups is 1. The van der Waals surface area contributed by atoms with Crippen LogP contribution in [0.25, 0.3) is 11.5 Å². The van der Waals surface area contributed by atoms with Gasteiger partial charge in [-0.25, -0.2) is 0 Å². The van der Waals surface area contributed by atoms with Gasteiger partial charge in [0.15, 0.2) is 0 Å². The monoisotopic (exact) mass is 261 g/mol. The van der Waals surface area contributed by atoms with Gasteiger partial charge in [-0.1, -0.05) is 0 Å². The minimum absolute atomic E-state index is 0.134. The molecule has 0 aliphatic rings. The lowest BCUT2D eigenvalue weighted by Gasteiger charge is -2.04. The zero-order valence-corrected chi connectivity index (χ0v) is 10.8. The van der Waals surface area contributed by atoms with Gasteiger partial charge in [-0.05, 0) is 24.3 Å². The molecule has 1 aromatic carbocycles. The second-order valence-corrected chi connectivity index (χ2v) is 3.95. The van der Waals surface area contributed by atoms with Gasteiger partial charge < -0.3 is 14.5 Å². The van der Waals surface area contributed by atoms with Crippen LogP contribution in [0, 0.1) is 6.92 Å². The fraction of sp³-hybridized carbons (Fsp3) is 0.308. The molecule has 0 saturated carbocycles. The van der Waals surface area contributed by atoms with E-state index in [1.165, 1.54) is 0 Å². The Morgan fingerprint density at radius 2 is 2.05 bits per heavy atom. The van der Waals surface area contributed by atoms with Crippen molar-refractivity contribution in [3.63, 3.8) is 0 Å². The second-order valence-electron chi connectivity index (χ2n) is 3.95. The summed E-state index contributed by atoms with van der Waals surface area (Å²) in [4.78, 5) is 11.8. The van der Waals surface area contributed by atoms with Crippen molar-refractivity contribution in [1.82, 2.24) is 15.5 Å². The van der Waals surface area contributed by atoms with Crippen LogP contribution in [0.2, 0.25) is 0 Å². The summed E-state index contributed by atoms with van der Waals surface area (Å²) in [5.74, 6) is 0.825. The first-order chi connectivity index (χ1) is 9.20. The Balaban J connectivity index is 2.04. The van der Waals surface area contributed by atoms with Crippen LogP contribution in [0.15, 0.2) is 28.7 Å². The molecule has 2 rings (SSSR count). The molecule has 0 saturated heterocycles. The van der Waals surface area contributed by atoms with Gasteiger partial charge >= 0.3 is 0 Å². The Morgan fingerprint density at radius 1 is 1.32 bits per heavy atom. The topological polar surface area (TPSA) is 77.2 Å².